The first-order valence-corrected chi connectivity index (χ1v) is 9.59. The molecule has 0 spiro atoms. The van der Waals surface area contributed by atoms with Crippen LogP contribution in [0.2, 0.25) is 0 Å². The highest BCUT2D eigenvalue weighted by atomic mass is 32.1. The van der Waals surface area contributed by atoms with Crippen molar-refractivity contribution >= 4 is 28.7 Å². The van der Waals surface area contributed by atoms with Gasteiger partial charge in [-0.25, -0.2) is 0 Å². The van der Waals surface area contributed by atoms with Gasteiger partial charge in [-0.15, -0.1) is 11.3 Å². The van der Waals surface area contributed by atoms with E-state index in [0.717, 1.165) is 16.0 Å². The van der Waals surface area contributed by atoms with E-state index in [1.165, 1.54) is 11.3 Å². The first-order valence-electron chi connectivity index (χ1n) is 8.71. The molecular weight excluding hydrogens is 346 g/mol. The van der Waals surface area contributed by atoms with Gasteiger partial charge < -0.3 is 5.11 Å². The molecule has 5 heteroatoms. The molecule has 1 atom stereocenters. The Morgan fingerprint density at radius 3 is 2.58 bits per heavy atom. The molecule has 1 aromatic heterocycles. The van der Waals surface area contributed by atoms with Gasteiger partial charge in [-0.2, -0.15) is 0 Å². The summed E-state index contributed by atoms with van der Waals surface area (Å²) in [6, 6.07) is 8.96. The number of aliphatic hydroxyl groups is 1. The highest BCUT2D eigenvalue weighted by Gasteiger charge is 2.45. The molecule has 3 rings (SSSR count). The van der Waals surface area contributed by atoms with Gasteiger partial charge in [0, 0.05) is 17.0 Å². The molecule has 0 saturated heterocycles. The Morgan fingerprint density at radius 2 is 2.00 bits per heavy atom. The lowest BCUT2D eigenvalue weighted by Gasteiger charge is -2.27. The number of ketones is 1. The maximum Gasteiger partial charge on any atom is 0.294 e. The Kier molecular flexibility index (Phi) is 5.01. The van der Waals surface area contributed by atoms with Crippen molar-refractivity contribution < 1.29 is 14.7 Å². The quantitative estimate of drug-likeness (QED) is 0.817. The van der Waals surface area contributed by atoms with E-state index in [1.807, 2.05) is 63.4 Å². The number of rotatable bonds is 5. The number of Topliss-reactive ketones (excluding diaryl/α,β-unsaturated/α-hetero) is 1. The molecule has 1 N–H and O–H groups in total. The summed E-state index contributed by atoms with van der Waals surface area (Å²) in [6.45, 7) is 7.82. The average Bonchev–Trinajstić information content (AvgIpc) is 3.08. The zero-order valence-corrected chi connectivity index (χ0v) is 16.3. The lowest BCUT2D eigenvalue weighted by molar-refractivity contribution is -0.118. The van der Waals surface area contributed by atoms with Gasteiger partial charge in [0.2, 0.25) is 0 Å². The van der Waals surface area contributed by atoms with Crippen LogP contribution < -0.4 is 4.90 Å². The molecule has 2 aromatic rings. The summed E-state index contributed by atoms with van der Waals surface area (Å²) in [4.78, 5) is 28.2. The summed E-state index contributed by atoms with van der Waals surface area (Å²) < 4.78 is 0. The molecule has 1 aromatic carbocycles. The topological polar surface area (TPSA) is 57.6 Å². The van der Waals surface area contributed by atoms with Crippen LogP contribution in [0.1, 0.15) is 42.3 Å². The third kappa shape index (κ3) is 3.19. The molecule has 2 heterocycles. The summed E-state index contributed by atoms with van der Waals surface area (Å²) in [5.41, 5.74) is 2.93. The molecule has 26 heavy (non-hydrogen) atoms. The van der Waals surface area contributed by atoms with Gasteiger partial charge in [0.05, 0.1) is 5.57 Å². The molecule has 1 aliphatic rings. The number of hydrogen-bond donors (Lipinski definition) is 1. The van der Waals surface area contributed by atoms with Crippen LogP contribution in [-0.2, 0) is 9.59 Å². The fourth-order valence-corrected chi connectivity index (χ4v) is 4.35. The van der Waals surface area contributed by atoms with Crippen molar-refractivity contribution in [3.63, 3.8) is 0 Å². The van der Waals surface area contributed by atoms with Crippen molar-refractivity contribution in [2.75, 3.05) is 4.90 Å². The smallest absolute Gasteiger partial charge is 0.294 e. The van der Waals surface area contributed by atoms with E-state index in [0.29, 0.717) is 12.1 Å². The van der Waals surface area contributed by atoms with Crippen LogP contribution in [0.3, 0.4) is 0 Å². The van der Waals surface area contributed by atoms with E-state index in [1.54, 1.807) is 4.90 Å². The van der Waals surface area contributed by atoms with Gasteiger partial charge >= 0.3 is 0 Å². The monoisotopic (exact) mass is 369 g/mol. The molecule has 4 nitrogen and oxygen atoms in total. The number of thiophene rings is 1. The molecule has 136 valence electrons. The number of carbonyl (C=O) groups is 2. The Hall–Kier alpha value is -2.40. The summed E-state index contributed by atoms with van der Waals surface area (Å²) in [7, 11) is 0. The van der Waals surface area contributed by atoms with Crippen LogP contribution in [0.15, 0.2) is 47.0 Å². The van der Waals surface area contributed by atoms with E-state index < -0.39 is 17.7 Å². The van der Waals surface area contributed by atoms with Crippen LogP contribution in [0.4, 0.5) is 5.69 Å². The SMILES string of the molecule is Cc1cccc(N2C(=O)C(O)=C(C(=O)CC(C)C)C2c2sccc2C)c1. The van der Waals surface area contributed by atoms with E-state index in [4.69, 9.17) is 0 Å². The van der Waals surface area contributed by atoms with Crippen molar-refractivity contribution in [2.45, 2.75) is 40.2 Å². The highest BCUT2D eigenvalue weighted by Crippen LogP contribution is 2.44. The first-order chi connectivity index (χ1) is 12.3. The van der Waals surface area contributed by atoms with Crippen LogP contribution in [-0.4, -0.2) is 16.8 Å². The summed E-state index contributed by atoms with van der Waals surface area (Å²) in [5.74, 6) is -0.953. The van der Waals surface area contributed by atoms with Gasteiger partial charge in [-0.1, -0.05) is 26.0 Å². The standard InChI is InChI=1S/C21H23NO3S/c1-12(2)10-16(23)17-18(20-14(4)8-9-26-20)22(21(25)19(17)24)15-7-5-6-13(3)11-15/h5-9,11-12,18,24H,10H2,1-4H3. The number of amides is 1. The second-order valence-electron chi connectivity index (χ2n) is 7.17. The lowest BCUT2D eigenvalue weighted by Crippen LogP contribution is -2.31. The minimum atomic E-state index is -0.574. The molecule has 0 bridgehead atoms. The Labute approximate surface area is 157 Å². The maximum absolute atomic E-state index is 12.9. The predicted octanol–water partition coefficient (Wildman–Crippen LogP) is 4.88. The van der Waals surface area contributed by atoms with Crippen LogP contribution in [0.5, 0.6) is 0 Å². The highest BCUT2D eigenvalue weighted by molar-refractivity contribution is 7.10. The Morgan fingerprint density at radius 1 is 1.27 bits per heavy atom. The second kappa shape index (κ2) is 7.08. The minimum absolute atomic E-state index is 0.149. The van der Waals surface area contributed by atoms with E-state index in [-0.39, 0.29) is 17.3 Å². The molecule has 0 saturated carbocycles. The van der Waals surface area contributed by atoms with Crippen molar-refractivity contribution in [1.29, 1.82) is 0 Å². The summed E-state index contributed by atoms with van der Waals surface area (Å²) in [6.07, 6.45) is 0.301. The van der Waals surface area contributed by atoms with Crippen LogP contribution in [0.25, 0.3) is 0 Å². The lowest BCUT2D eigenvalue weighted by atomic mass is 9.94. The maximum atomic E-state index is 12.9. The molecular formula is C21H23NO3S. The number of aryl methyl sites for hydroxylation is 2. The van der Waals surface area contributed by atoms with Crippen LogP contribution in [0, 0.1) is 19.8 Å². The molecule has 1 amide bonds. The predicted molar refractivity (Wildman–Crippen MR) is 105 cm³/mol. The van der Waals surface area contributed by atoms with Crippen molar-refractivity contribution in [3.05, 3.63) is 63.0 Å². The third-order valence-corrected chi connectivity index (χ3v) is 5.60. The minimum Gasteiger partial charge on any atom is -0.503 e. The van der Waals surface area contributed by atoms with Gasteiger partial charge in [-0.05, 0) is 54.5 Å². The molecule has 1 unspecified atom stereocenters. The number of aliphatic hydroxyl groups excluding tert-OH is 1. The number of carbonyl (C=O) groups excluding carboxylic acids is 2. The number of benzene rings is 1. The van der Waals surface area contributed by atoms with Gasteiger partial charge in [0.1, 0.15) is 6.04 Å². The number of anilines is 1. The number of nitrogens with zero attached hydrogens (tertiary/aromatic N) is 1. The summed E-state index contributed by atoms with van der Waals surface area (Å²) in [5, 5.41) is 12.5. The average molecular weight is 369 g/mol. The summed E-state index contributed by atoms with van der Waals surface area (Å²) >= 11 is 1.50. The van der Waals surface area contributed by atoms with Gasteiger partial charge in [-0.3, -0.25) is 14.5 Å². The second-order valence-corrected chi connectivity index (χ2v) is 8.12. The zero-order valence-electron chi connectivity index (χ0n) is 15.4. The first kappa shape index (κ1) is 18.4. The fourth-order valence-electron chi connectivity index (χ4n) is 3.33. The largest absolute Gasteiger partial charge is 0.503 e. The Bertz CT molecular complexity index is 894. The van der Waals surface area contributed by atoms with E-state index >= 15 is 0 Å². The van der Waals surface area contributed by atoms with Crippen LogP contribution >= 0.6 is 11.3 Å². The van der Waals surface area contributed by atoms with E-state index in [2.05, 4.69) is 0 Å². The van der Waals surface area contributed by atoms with Crippen molar-refractivity contribution in [3.8, 4) is 0 Å². The van der Waals surface area contributed by atoms with E-state index in [9.17, 15) is 14.7 Å². The van der Waals surface area contributed by atoms with Crippen molar-refractivity contribution in [1.82, 2.24) is 0 Å². The Balaban J connectivity index is 2.16. The number of hydrogen-bond acceptors (Lipinski definition) is 4. The fraction of sp³-hybridized carbons (Fsp3) is 0.333. The molecule has 0 aliphatic carbocycles. The third-order valence-electron chi connectivity index (χ3n) is 4.53. The molecule has 1 aliphatic heterocycles. The van der Waals surface area contributed by atoms with Gasteiger partial charge in [0.15, 0.2) is 11.5 Å². The molecule has 0 fully saturated rings. The molecule has 0 radical (unpaired) electrons. The normalized spacial score (nSPS) is 17.5. The zero-order chi connectivity index (χ0) is 19.0. The van der Waals surface area contributed by atoms with Gasteiger partial charge in [0.25, 0.3) is 5.91 Å². The van der Waals surface area contributed by atoms with Crippen molar-refractivity contribution in [2.24, 2.45) is 5.92 Å².